The van der Waals surface area contributed by atoms with Crippen molar-refractivity contribution in [1.82, 2.24) is 8.87 Å². The second-order valence-electron chi connectivity index (χ2n) is 8.82. The SMILES string of the molecule is COc1ccc(S(=O)(=O)N2C[C@@H]3C[C@H](C2)c2c(NC(=O)Nc4ccccc4)ccc(=O)n2C3)cc1. The van der Waals surface area contributed by atoms with E-state index in [0.29, 0.717) is 35.9 Å². The van der Waals surface area contributed by atoms with E-state index in [1.165, 1.54) is 29.6 Å². The topological polar surface area (TPSA) is 110 Å². The first-order chi connectivity index (χ1) is 16.8. The molecular weight excluding hydrogens is 468 g/mol. The van der Waals surface area contributed by atoms with Crippen LogP contribution in [-0.4, -0.2) is 43.5 Å². The number of carbonyl (C=O) groups is 1. The number of piperidine rings is 1. The van der Waals surface area contributed by atoms with Gasteiger partial charge in [0.05, 0.1) is 17.7 Å². The van der Waals surface area contributed by atoms with Crippen molar-refractivity contribution in [3.05, 3.63) is 82.8 Å². The van der Waals surface area contributed by atoms with Crippen molar-refractivity contribution in [2.24, 2.45) is 5.92 Å². The number of urea groups is 1. The lowest BCUT2D eigenvalue weighted by Gasteiger charge is -2.42. The van der Waals surface area contributed by atoms with Gasteiger partial charge >= 0.3 is 6.03 Å². The molecule has 0 aliphatic carbocycles. The summed E-state index contributed by atoms with van der Waals surface area (Å²) in [6.07, 6.45) is 0.743. The molecule has 9 nitrogen and oxygen atoms in total. The number of carbonyl (C=O) groups excluding carboxylic acids is 1. The molecular formula is C25H26N4O5S. The van der Waals surface area contributed by atoms with Gasteiger partial charge in [-0.1, -0.05) is 18.2 Å². The molecule has 0 radical (unpaired) electrons. The molecule has 2 N–H and O–H groups in total. The van der Waals surface area contributed by atoms with E-state index in [1.807, 2.05) is 18.2 Å². The Morgan fingerprint density at radius 3 is 2.40 bits per heavy atom. The molecule has 1 fully saturated rings. The van der Waals surface area contributed by atoms with E-state index < -0.39 is 16.1 Å². The van der Waals surface area contributed by atoms with Gasteiger partial charge in [-0.15, -0.1) is 0 Å². The minimum absolute atomic E-state index is 0.000341. The number of hydrogen-bond donors (Lipinski definition) is 2. The van der Waals surface area contributed by atoms with Crippen LogP contribution in [-0.2, 0) is 16.6 Å². The fourth-order valence-electron chi connectivity index (χ4n) is 4.98. The van der Waals surface area contributed by atoms with Crippen molar-refractivity contribution in [3.8, 4) is 5.75 Å². The Morgan fingerprint density at radius 1 is 0.943 bits per heavy atom. The summed E-state index contributed by atoms with van der Waals surface area (Å²) in [6.45, 7) is 0.960. The quantitative estimate of drug-likeness (QED) is 0.566. The number of ether oxygens (including phenoxy) is 1. The lowest BCUT2D eigenvalue weighted by atomic mass is 9.83. The maximum atomic E-state index is 13.4. The highest BCUT2D eigenvalue weighted by atomic mass is 32.2. The lowest BCUT2D eigenvalue weighted by molar-refractivity contribution is 0.187. The van der Waals surface area contributed by atoms with Gasteiger partial charge in [-0.2, -0.15) is 4.31 Å². The molecule has 2 aliphatic heterocycles. The zero-order valence-electron chi connectivity index (χ0n) is 19.2. The van der Waals surface area contributed by atoms with E-state index in [1.54, 1.807) is 34.9 Å². The van der Waals surface area contributed by atoms with Crippen molar-refractivity contribution in [2.45, 2.75) is 23.8 Å². The number of amides is 2. The summed E-state index contributed by atoms with van der Waals surface area (Å²) < 4.78 is 35.1. The number of anilines is 2. The first kappa shape index (κ1) is 23.1. The number of sulfonamides is 1. The molecule has 3 aromatic rings. The second-order valence-corrected chi connectivity index (χ2v) is 10.8. The van der Waals surface area contributed by atoms with E-state index >= 15 is 0 Å². The van der Waals surface area contributed by atoms with E-state index in [0.717, 1.165) is 6.42 Å². The van der Waals surface area contributed by atoms with Gasteiger partial charge < -0.3 is 19.9 Å². The van der Waals surface area contributed by atoms with Crippen LogP contribution in [0.5, 0.6) is 5.75 Å². The predicted molar refractivity (Wildman–Crippen MR) is 132 cm³/mol. The number of fused-ring (bicyclic) bond motifs is 4. The van der Waals surface area contributed by atoms with Gasteiger partial charge in [0.15, 0.2) is 0 Å². The molecule has 35 heavy (non-hydrogen) atoms. The first-order valence-electron chi connectivity index (χ1n) is 11.4. The molecule has 0 spiro atoms. The average molecular weight is 495 g/mol. The van der Waals surface area contributed by atoms with Gasteiger partial charge in [0.2, 0.25) is 10.0 Å². The van der Waals surface area contributed by atoms with Crippen LogP contribution >= 0.6 is 0 Å². The molecule has 2 aliphatic rings. The normalized spacial score (nSPS) is 19.5. The number of hydrogen-bond acceptors (Lipinski definition) is 5. The van der Waals surface area contributed by atoms with Crippen molar-refractivity contribution in [1.29, 1.82) is 0 Å². The fourth-order valence-corrected chi connectivity index (χ4v) is 6.54. The van der Waals surface area contributed by atoms with Crippen LogP contribution in [0.15, 0.2) is 76.4 Å². The highest BCUT2D eigenvalue weighted by molar-refractivity contribution is 7.89. The third-order valence-corrected chi connectivity index (χ3v) is 8.38. The van der Waals surface area contributed by atoms with Crippen LogP contribution in [0.2, 0.25) is 0 Å². The van der Waals surface area contributed by atoms with Crippen LogP contribution in [0.3, 0.4) is 0 Å². The Hall–Kier alpha value is -3.63. The van der Waals surface area contributed by atoms with Crippen LogP contribution in [0.1, 0.15) is 18.0 Å². The highest BCUT2D eigenvalue weighted by Gasteiger charge is 2.40. The molecule has 5 rings (SSSR count). The first-order valence-corrected chi connectivity index (χ1v) is 12.8. The predicted octanol–water partition coefficient (Wildman–Crippen LogP) is 3.31. The summed E-state index contributed by atoms with van der Waals surface area (Å²) in [6, 6.07) is 18.0. The molecule has 0 saturated carbocycles. The molecule has 2 amide bonds. The number of pyridine rings is 1. The Labute approximate surface area is 203 Å². The molecule has 2 bridgehead atoms. The summed E-state index contributed by atoms with van der Waals surface area (Å²) in [7, 11) is -2.20. The van der Waals surface area contributed by atoms with Crippen molar-refractivity contribution in [3.63, 3.8) is 0 Å². The van der Waals surface area contributed by atoms with Crippen molar-refractivity contribution >= 4 is 27.4 Å². The number of rotatable bonds is 5. The minimum Gasteiger partial charge on any atom is -0.497 e. The largest absolute Gasteiger partial charge is 0.497 e. The van der Waals surface area contributed by atoms with Gasteiger partial charge in [0.1, 0.15) is 5.75 Å². The smallest absolute Gasteiger partial charge is 0.323 e. The standard InChI is InChI=1S/C25H26N4O5S/c1-34-20-7-9-21(10-8-20)35(32,33)28-14-17-13-18(16-28)24-22(11-12-23(30)29(24)15-17)27-25(31)26-19-5-3-2-4-6-19/h2-12,17-18H,13-16H2,1H3,(H2,26,27,31)/t17-,18+/m0/s1. The maximum absolute atomic E-state index is 13.4. The molecule has 1 aromatic heterocycles. The Bertz CT molecular complexity index is 1400. The van der Waals surface area contributed by atoms with Crippen LogP contribution in [0.4, 0.5) is 16.2 Å². The summed E-state index contributed by atoms with van der Waals surface area (Å²) in [5.74, 6) is 0.356. The van der Waals surface area contributed by atoms with Crippen LogP contribution in [0.25, 0.3) is 0 Å². The van der Waals surface area contributed by atoms with Gasteiger partial charge in [0.25, 0.3) is 5.56 Å². The molecule has 3 heterocycles. The van der Waals surface area contributed by atoms with E-state index in [2.05, 4.69) is 10.6 Å². The van der Waals surface area contributed by atoms with E-state index in [-0.39, 0.29) is 28.8 Å². The molecule has 1 saturated heterocycles. The van der Waals surface area contributed by atoms with Crippen LogP contribution < -0.4 is 20.9 Å². The summed E-state index contributed by atoms with van der Waals surface area (Å²) in [5, 5.41) is 5.63. The third-order valence-electron chi connectivity index (χ3n) is 6.53. The average Bonchev–Trinajstić information content (AvgIpc) is 2.86. The Kier molecular flexibility index (Phi) is 6.08. The monoisotopic (exact) mass is 494 g/mol. The van der Waals surface area contributed by atoms with Gasteiger partial charge in [0, 0.05) is 43.0 Å². The molecule has 2 atom stereocenters. The number of nitrogens with zero attached hydrogens (tertiary/aromatic N) is 2. The van der Waals surface area contributed by atoms with Gasteiger partial charge in [-0.05, 0) is 54.8 Å². The number of nitrogens with one attached hydrogen (secondary N) is 2. The maximum Gasteiger partial charge on any atom is 0.323 e. The van der Waals surface area contributed by atoms with Crippen molar-refractivity contribution < 1.29 is 17.9 Å². The van der Waals surface area contributed by atoms with E-state index in [4.69, 9.17) is 4.74 Å². The number of benzene rings is 2. The summed E-state index contributed by atoms with van der Waals surface area (Å²) in [4.78, 5) is 25.5. The fraction of sp³-hybridized carbons (Fsp3) is 0.280. The molecule has 182 valence electrons. The number of para-hydroxylation sites is 1. The molecule has 10 heteroatoms. The summed E-state index contributed by atoms with van der Waals surface area (Å²) in [5.41, 5.74) is 1.65. The van der Waals surface area contributed by atoms with Crippen molar-refractivity contribution in [2.75, 3.05) is 30.8 Å². The Balaban J connectivity index is 1.42. The van der Waals surface area contributed by atoms with Gasteiger partial charge in [-0.3, -0.25) is 4.79 Å². The summed E-state index contributed by atoms with van der Waals surface area (Å²) >= 11 is 0. The number of methoxy groups -OCH3 is 1. The zero-order valence-corrected chi connectivity index (χ0v) is 20.0. The van der Waals surface area contributed by atoms with E-state index in [9.17, 15) is 18.0 Å². The third kappa shape index (κ3) is 4.54. The highest BCUT2D eigenvalue weighted by Crippen LogP contribution is 2.40. The lowest BCUT2D eigenvalue weighted by Crippen LogP contribution is -2.49. The van der Waals surface area contributed by atoms with Gasteiger partial charge in [-0.25, -0.2) is 13.2 Å². The number of aromatic nitrogens is 1. The second kappa shape index (κ2) is 9.20. The minimum atomic E-state index is -3.73. The molecule has 2 aromatic carbocycles. The molecule has 0 unspecified atom stereocenters. The zero-order chi connectivity index (χ0) is 24.6. The van der Waals surface area contributed by atoms with Crippen LogP contribution in [0, 0.1) is 5.92 Å². The Morgan fingerprint density at radius 2 is 1.69 bits per heavy atom.